The number of hydrogen-bond donors (Lipinski definition) is 0. The topological polar surface area (TPSA) is 13.1 Å². The molecule has 0 aliphatic carbocycles. The van der Waals surface area contributed by atoms with E-state index in [1.165, 1.54) is 6.26 Å². The molecule has 3 rings (SSSR count). The third kappa shape index (κ3) is 4.89. The molecule has 0 spiro atoms. The van der Waals surface area contributed by atoms with E-state index in [0.29, 0.717) is 11.3 Å². The summed E-state index contributed by atoms with van der Waals surface area (Å²) in [4.78, 5) is 0. The van der Waals surface area contributed by atoms with Crippen LogP contribution < -0.4 is 0 Å². The first-order valence-electron chi connectivity index (χ1n) is 9.21. The Hall–Kier alpha value is -2.70. The molecule has 0 bridgehead atoms. The van der Waals surface area contributed by atoms with Crippen molar-refractivity contribution in [2.24, 2.45) is 0 Å². The van der Waals surface area contributed by atoms with Crippen LogP contribution in [0.2, 0.25) is 0 Å². The van der Waals surface area contributed by atoms with Crippen molar-refractivity contribution in [1.29, 1.82) is 0 Å². The number of hydrogen-bond acceptors (Lipinski definition) is 1. The third-order valence-electron chi connectivity index (χ3n) is 4.82. The van der Waals surface area contributed by atoms with Gasteiger partial charge >= 0.3 is 12.4 Å². The Morgan fingerprint density at radius 2 is 1.23 bits per heavy atom. The SMILES string of the molecule is CC(C)(C)c1ccc(-c2ccoc2Cc2cc(C(F)(F)F)cc(C(F)(F)F)c2)cc1. The second-order valence-electron chi connectivity index (χ2n) is 8.18. The minimum absolute atomic E-state index is 0.0518. The summed E-state index contributed by atoms with van der Waals surface area (Å²) in [5.41, 5.74) is -0.353. The average molecular weight is 426 g/mol. The van der Waals surface area contributed by atoms with Crippen molar-refractivity contribution in [3.8, 4) is 11.1 Å². The summed E-state index contributed by atoms with van der Waals surface area (Å²) < 4.78 is 84.0. The number of rotatable bonds is 3. The fourth-order valence-electron chi connectivity index (χ4n) is 3.19. The molecule has 0 saturated heterocycles. The minimum atomic E-state index is -4.88. The van der Waals surface area contributed by atoms with Crippen molar-refractivity contribution in [1.82, 2.24) is 0 Å². The van der Waals surface area contributed by atoms with Crippen LogP contribution in [0, 0.1) is 0 Å². The van der Waals surface area contributed by atoms with E-state index in [2.05, 4.69) is 20.8 Å². The van der Waals surface area contributed by atoms with Gasteiger partial charge in [0, 0.05) is 12.0 Å². The van der Waals surface area contributed by atoms with Crippen LogP contribution in [0.4, 0.5) is 26.3 Å². The van der Waals surface area contributed by atoms with Gasteiger partial charge in [-0.3, -0.25) is 0 Å². The zero-order valence-electron chi connectivity index (χ0n) is 16.6. The zero-order chi connectivity index (χ0) is 22.3. The normalized spacial score (nSPS) is 13.0. The molecule has 0 aliphatic heterocycles. The molecule has 0 radical (unpaired) electrons. The largest absolute Gasteiger partial charge is 0.468 e. The Bertz CT molecular complexity index is 985. The summed E-state index contributed by atoms with van der Waals surface area (Å²) in [6, 6.07) is 10.8. The van der Waals surface area contributed by atoms with Gasteiger partial charge in [0.05, 0.1) is 17.4 Å². The number of alkyl halides is 6. The van der Waals surface area contributed by atoms with Gasteiger partial charge in [-0.05, 0) is 46.4 Å². The molecule has 7 heteroatoms. The number of furan rings is 1. The molecule has 0 saturated carbocycles. The Kier molecular flexibility index (Phi) is 5.52. The highest BCUT2D eigenvalue weighted by Gasteiger charge is 2.37. The van der Waals surface area contributed by atoms with Gasteiger partial charge < -0.3 is 4.42 Å². The van der Waals surface area contributed by atoms with E-state index in [1.54, 1.807) is 6.07 Å². The molecular formula is C23H20F6O. The smallest absolute Gasteiger partial charge is 0.416 e. The molecule has 30 heavy (non-hydrogen) atoms. The number of halogens is 6. The molecule has 0 unspecified atom stereocenters. The maximum atomic E-state index is 13.1. The van der Waals surface area contributed by atoms with Crippen LogP contribution >= 0.6 is 0 Å². The molecule has 2 aromatic carbocycles. The summed E-state index contributed by atoms with van der Waals surface area (Å²) in [5.74, 6) is 0.297. The van der Waals surface area contributed by atoms with E-state index in [1.807, 2.05) is 24.3 Å². The molecular weight excluding hydrogens is 406 g/mol. The Morgan fingerprint density at radius 1 is 0.700 bits per heavy atom. The highest BCUT2D eigenvalue weighted by molar-refractivity contribution is 5.66. The van der Waals surface area contributed by atoms with Crippen LogP contribution in [-0.2, 0) is 24.2 Å². The molecule has 0 aliphatic rings. The van der Waals surface area contributed by atoms with Gasteiger partial charge in [0.25, 0.3) is 0 Å². The van der Waals surface area contributed by atoms with Crippen LogP contribution in [0.25, 0.3) is 11.1 Å². The van der Waals surface area contributed by atoms with Gasteiger partial charge in [0.2, 0.25) is 0 Å². The first-order chi connectivity index (χ1) is 13.7. The standard InChI is InChI=1S/C23H20F6O/c1-21(2,3)16-6-4-15(5-7-16)19-8-9-30-20(19)12-14-10-17(22(24,25)26)13-18(11-14)23(27,28)29/h4-11,13H,12H2,1-3H3. The molecule has 0 N–H and O–H groups in total. The predicted molar refractivity (Wildman–Crippen MR) is 102 cm³/mol. The molecule has 160 valence electrons. The molecule has 1 heterocycles. The Labute approximate surface area is 170 Å². The van der Waals surface area contributed by atoms with Crippen LogP contribution in [0.1, 0.15) is 48.8 Å². The molecule has 0 fully saturated rings. The lowest BCUT2D eigenvalue weighted by Gasteiger charge is -2.19. The van der Waals surface area contributed by atoms with Crippen molar-refractivity contribution in [2.75, 3.05) is 0 Å². The van der Waals surface area contributed by atoms with Crippen LogP contribution in [-0.4, -0.2) is 0 Å². The molecule has 1 nitrogen and oxygen atoms in total. The average Bonchev–Trinajstić information content (AvgIpc) is 3.07. The first-order valence-corrected chi connectivity index (χ1v) is 9.21. The van der Waals surface area contributed by atoms with E-state index >= 15 is 0 Å². The van der Waals surface area contributed by atoms with Crippen LogP contribution in [0.3, 0.4) is 0 Å². The predicted octanol–water partition coefficient (Wildman–Crippen LogP) is 7.87. The van der Waals surface area contributed by atoms with Crippen molar-refractivity contribution in [2.45, 2.75) is 45.0 Å². The van der Waals surface area contributed by atoms with Crippen molar-refractivity contribution < 1.29 is 30.8 Å². The van der Waals surface area contributed by atoms with Gasteiger partial charge in [-0.15, -0.1) is 0 Å². The fraction of sp³-hybridized carbons (Fsp3) is 0.304. The van der Waals surface area contributed by atoms with Crippen molar-refractivity contribution in [3.05, 3.63) is 82.8 Å². The van der Waals surface area contributed by atoms with Crippen molar-refractivity contribution in [3.63, 3.8) is 0 Å². The number of benzene rings is 2. The van der Waals surface area contributed by atoms with E-state index in [0.717, 1.165) is 23.3 Å². The summed E-state index contributed by atoms with van der Waals surface area (Å²) in [6.07, 6.45) is -8.59. The summed E-state index contributed by atoms with van der Waals surface area (Å²) in [6.45, 7) is 6.20. The van der Waals surface area contributed by atoms with Crippen molar-refractivity contribution >= 4 is 0 Å². The molecule has 0 atom stereocenters. The lowest BCUT2D eigenvalue weighted by molar-refractivity contribution is -0.143. The van der Waals surface area contributed by atoms with Crippen LogP contribution in [0.5, 0.6) is 0 Å². The summed E-state index contributed by atoms with van der Waals surface area (Å²) in [7, 11) is 0. The monoisotopic (exact) mass is 426 g/mol. The molecule has 0 amide bonds. The minimum Gasteiger partial charge on any atom is -0.468 e. The van der Waals surface area contributed by atoms with E-state index in [4.69, 9.17) is 4.42 Å². The van der Waals surface area contributed by atoms with E-state index in [9.17, 15) is 26.3 Å². The maximum Gasteiger partial charge on any atom is 0.416 e. The van der Waals surface area contributed by atoms with Gasteiger partial charge in [-0.2, -0.15) is 26.3 Å². The molecule has 3 aromatic rings. The van der Waals surface area contributed by atoms with Crippen LogP contribution in [0.15, 0.2) is 59.2 Å². The van der Waals surface area contributed by atoms with E-state index < -0.39 is 23.5 Å². The highest BCUT2D eigenvalue weighted by Crippen LogP contribution is 2.37. The van der Waals surface area contributed by atoms with Gasteiger partial charge in [-0.25, -0.2) is 0 Å². The zero-order valence-corrected chi connectivity index (χ0v) is 16.6. The van der Waals surface area contributed by atoms with Gasteiger partial charge in [0.1, 0.15) is 5.76 Å². The third-order valence-corrected chi connectivity index (χ3v) is 4.82. The van der Waals surface area contributed by atoms with Gasteiger partial charge in [-0.1, -0.05) is 45.0 Å². The Morgan fingerprint density at radius 3 is 1.70 bits per heavy atom. The quantitative estimate of drug-likeness (QED) is 0.388. The fourth-order valence-corrected chi connectivity index (χ4v) is 3.19. The summed E-state index contributed by atoms with van der Waals surface area (Å²) >= 11 is 0. The molecule has 1 aromatic heterocycles. The maximum absolute atomic E-state index is 13.1. The lowest BCUT2D eigenvalue weighted by Crippen LogP contribution is -2.12. The second kappa shape index (κ2) is 7.52. The summed E-state index contributed by atoms with van der Waals surface area (Å²) in [5, 5.41) is 0. The Balaban J connectivity index is 1.98. The highest BCUT2D eigenvalue weighted by atomic mass is 19.4. The lowest BCUT2D eigenvalue weighted by atomic mass is 9.86. The van der Waals surface area contributed by atoms with E-state index in [-0.39, 0.29) is 23.5 Å². The second-order valence-corrected chi connectivity index (χ2v) is 8.18. The first kappa shape index (κ1) is 22.0. The van der Waals surface area contributed by atoms with Gasteiger partial charge in [0.15, 0.2) is 0 Å².